The molecule has 5 aromatic rings. The zero-order valence-corrected chi connectivity index (χ0v) is 15.6. The summed E-state index contributed by atoms with van der Waals surface area (Å²) < 4.78 is 6.30. The van der Waals surface area contributed by atoms with E-state index < -0.39 is 0 Å². The van der Waals surface area contributed by atoms with Crippen LogP contribution < -0.4 is 5.43 Å². The number of para-hydroxylation sites is 2. The lowest BCUT2D eigenvalue weighted by molar-refractivity contribution is 0.469. The van der Waals surface area contributed by atoms with E-state index >= 15 is 0 Å². The quantitative estimate of drug-likeness (QED) is 0.425. The molecule has 0 fully saturated rings. The lowest BCUT2D eigenvalue weighted by Gasteiger charge is -2.13. The molecule has 0 aliphatic carbocycles. The molecule has 0 bridgehead atoms. The Morgan fingerprint density at radius 1 is 0.724 bits per heavy atom. The lowest BCUT2D eigenvalue weighted by Crippen LogP contribution is -2.12. The first kappa shape index (κ1) is 17.3. The molecule has 0 aliphatic heterocycles. The fraction of sp³-hybridized carbons (Fsp3) is 0.0385. The van der Waals surface area contributed by atoms with Gasteiger partial charge in [0, 0.05) is 17.5 Å². The maximum absolute atomic E-state index is 13.4. The fourth-order valence-corrected chi connectivity index (χ4v) is 3.83. The largest absolute Gasteiger partial charge is 0.508 e. The van der Waals surface area contributed by atoms with Crippen LogP contribution in [-0.2, 0) is 6.42 Å². The van der Waals surface area contributed by atoms with Gasteiger partial charge in [-0.05, 0) is 34.5 Å². The average molecular weight is 378 g/mol. The molecule has 0 amide bonds. The van der Waals surface area contributed by atoms with Crippen molar-refractivity contribution < 1.29 is 9.52 Å². The third-order valence-corrected chi connectivity index (χ3v) is 5.28. The summed E-state index contributed by atoms with van der Waals surface area (Å²) in [5.74, 6) is 0.720. The summed E-state index contributed by atoms with van der Waals surface area (Å²) in [4.78, 5) is 13.4. The van der Waals surface area contributed by atoms with Gasteiger partial charge in [0.2, 0.25) is 0 Å². The highest BCUT2D eigenvalue weighted by Gasteiger charge is 2.19. The van der Waals surface area contributed by atoms with Gasteiger partial charge in [-0.1, -0.05) is 72.8 Å². The van der Waals surface area contributed by atoms with Crippen LogP contribution in [0.2, 0.25) is 0 Å². The van der Waals surface area contributed by atoms with Crippen LogP contribution in [0.5, 0.6) is 5.75 Å². The third-order valence-electron chi connectivity index (χ3n) is 5.28. The Kier molecular flexibility index (Phi) is 4.14. The number of hydrogen-bond acceptors (Lipinski definition) is 3. The summed E-state index contributed by atoms with van der Waals surface area (Å²) in [6, 6.07) is 28.4. The Balaban J connectivity index is 1.84. The number of benzene rings is 4. The van der Waals surface area contributed by atoms with Gasteiger partial charge >= 0.3 is 0 Å². The van der Waals surface area contributed by atoms with Crippen LogP contribution in [0.25, 0.3) is 33.1 Å². The molecule has 140 valence electrons. The molecule has 1 heterocycles. The van der Waals surface area contributed by atoms with E-state index in [9.17, 15) is 9.90 Å². The Bertz CT molecular complexity index is 1410. The summed E-state index contributed by atoms with van der Waals surface area (Å²) in [5, 5.41) is 12.9. The van der Waals surface area contributed by atoms with Crippen LogP contribution in [0.1, 0.15) is 11.1 Å². The molecule has 0 saturated carbocycles. The summed E-state index contributed by atoms with van der Waals surface area (Å²) in [7, 11) is 0. The Morgan fingerprint density at radius 3 is 2.28 bits per heavy atom. The molecule has 5 rings (SSSR count). The number of fused-ring (bicyclic) bond motifs is 2. The summed E-state index contributed by atoms with van der Waals surface area (Å²) in [5.41, 5.74) is 2.59. The third kappa shape index (κ3) is 2.97. The first-order valence-electron chi connectivity index (χ1n) is 9.52. The smallest absolute Gasteiger partial charge is 0.196 e. The van der Waals surface area contributed by atoms with Crippen molar-refractivity contribution in [1.29, 1.82) is 0 Å². The van der Waals surface area contributed by atoms with Crippen molar-refractivity contribution in [2.75, 3.05) is 0 Å². The monoisotopic (exact) mass is 378 g/mol. The van der Waals surface area contributed by atoms with Crippen molar-refractivity contribution >= 4 is 21.7 Å². The van der Waals surface area contributed by atoms with Gasteiger partial charge in [-0.2, -0.15) is 0 Å². The van der Waals surface area contributed by atoms with Crippen LogP contribution in [-0.4, -0.2) is 5.11 Å². The lowest BCUT2D eigenvalue weighted by atomic mass is 9.95. The molecular weight excluding hydrogens is 360 g/mol. The number of rotatable bonds is 3. The van der Waals surface area contributed by atoms with Crippen molar-refractivity contribution in [3.05, 3.63) is 112 Å². The highest BCUT2D eigenvalue weighted by molar-refractivity contribution is 5.97. The van der Waals surface area contributed by atoms with Crippen LogP contribution >= 0.6 is 0 Å². The molecule has 3 heteroatoms. The van der Waals surface area contributed by atoms with Crippen molar-refractivity contribution in [1.82, 2.24) is 0 Å². The first-order chi connectivity index (χ1) is 14.2. The van der Waals surface area contributed by atoms with E-state index in [2.05, 4.69) is 0 Å². The van der Waals surface area contributed by atoms with Gasteiger partial charge in [0.05, 0.1) is 5.39 Å². The van der Waals surface area contributed by atoms with Gasteiger partial charge in [-0.3, -0.25) is 4.79 Å². The molecule has 1 N–H and O–H groups in total. The maximum Gasteiger partial charge on any atom is 0.196 e. The van der Waals surface area contributed by atoms with Crippen molar-refractivity contribution in [3.63, 3.8) is 0 Å². The zero-order valence-electron chi connectivity index (χ0n) is 15.6. The molecule has 0 aliphatic rings. The molecule has 29 heavy (non-hydrogen) atoms. The molecular formula is C26H18O3. The number of hydrogen-bond donors (Lipinski definition) is 1. The fourth-order valence-electron chi connectivity index (χ4n) is 3.83. The Labute approximate surface area is 167 Å². The summed E-state index contributed by atoms with van der Waals surface area (Å²) >= 11 is 0. The summed E-state index contributed by atoms with van der Waals surface area (Å²) in [6.07, 6.45) is 0.290. The molecule has 3 nitrogen and oxygen atoms in total. The van der Waals surface area contributed by atoms with Gasteiger partial charge in [0.1, 0.15) is 17.1 Å². The van der Waals surface area contributed by atoms with Gasteiger partial charge in [-0.15, -0.1) is 0 Å². The van der Waals surface area contributed by atoms with Crippen LogP contribution in [0.15, 0.2) is 100 Å². The van der Waals surface area contributed by atoms with Crippen LogP contribution in [0.3, 0.4) is 0 Å². The van der Waals surface area contributed by atoms with Crippen molar-refractivity contribution in [3.8, 4) is 17.1 Å². The van der Waals surface area contributed by atoms with E-state index in [-0.39, 0.29) is 11.2 Å². The van der Waals surface area contributed by atoms with Crippen molar-refractivity contribution in [2.45, 2.75) is 6.42 Å². The van der Waals surface area contributed by atoms with E-state index in [4.69, 9.17) is 4.42 Å². The minimum absolute atomic E-state index is 0.0713. The predicted molar refractivity (Wildman–Crippen MR) is 116 cm³/mol. The van der Waals surface area contributed by atoms with Gasteiger partial charge in [0.25, 0.3) is 0 Å². The summed E-state index contributed by atoms with van der Waals surface area (Å²) in [6.45, 7) is 0. The van der Waals surface area contributed by atoms with Gasteiger partial charge in [0.15, 0.2) is 5.43 Å². The van der Waals surface area contributed by atoms with E-state index in [1.54, 1.807) is 18.2 Å². The second-order valence-electron chi connectivity index (χ2n) is 7.07. The molecule has 4 aromatic carbocycles. The number of phenolic OH excluding ortho intramolecular Hbond substituents is 1. The molecule has 0 radical (unpaired) electrons. The van der Waals surface area contributed by atoms with E-state index in [1.165, 1.54) is 0 Å². The second kappa shape index (κ2) is 6.95. The highest BCUT2D eigenvalue weighted by atomic mass is 16.3. The zero-order chi connectivity index (χ0) is 19.8. The van der Waals surface area contributed by atoms with Crippen molar-refractivity contribution in [2.24, 2.45) is 0 Å². The standard InChI is InChI=1S/C26H18O3/c27-23-14-5-2-9-18(23)16-22-25(28)21-12-4-6-15-24(21)29-26(22)20-13-7-10-17-8-1-3-11-19(17)20/h1-15,27H,16H2. The number of phenols is 1. The molecule has 0 atom stereocenters. The molecule has 0 spiro atoms. The average Bonchev–Trinajstić information content (AvgIpc) is 2.76. The molecule has 0 unspecified atom stereocenters. The SMILES string of the molecule is O=c1c(Cc2ccccc2O)c(-c2cccc3ccccc23)oc2ccccc12. The Morgan fingerprint density at radius 2 is 1.41 bits per heavy atom. The minimum atomic E-state index is -0.0713. The topological polar surface area (TPSA) is 50.4 Å². The second-order valence-corrected chi connectivity index (χ2v) is 7.07. The molecule has 1 aromatic heterocycles. The maximum atomic E-state index is 13.4. The van der Waals surface area contributed by atoms with E-state index in [0.29, 0.717) is 34.3 Å². The number of aromatic hydroxyl groups is 1. The first-order valence-corrected chi connectivity index (χ1v) is 9.52. The molecule has 0 saturated heterocycles. The van der Waals surface area contributed by atoms with E-state index in [1.807, 2.05) is 72.8 Å². The van der Waals surface area contributed by atoms with Crippen LogP contribution in [0.4, 0.5) is 0 Å². The highest BCUT2D eigenvalue weighted by Crippen LogP contribution is 2.33. The minimum Gasteiger partial charge on any atom is -0.508 e. The van der Waals surface area contributed by atoms with E-state index in [0.717, 1.165) is 16.3 Å². The van der Waals surface area contributed by atoms with Gasteiger partial charge < -0.3 is 9.52 Å². The predicted octanol–water partition coefficient (Wildman–Crippen LogP) is 5.91. The Hall–Kier alpha value is -3.85. The van der Waals surface area contributed by atoms with Crippen LogP contribution in [0, 0.1) is 0 Å². The van der Waals surface area contributed by atoms with Gasteiger partial charge in [-0.25, -0.2) is 0 Å². The normalized spacial score (nSPS) is 11.2.